The number of likely N-dealkylation sites (tertiary alicyclic amines) is 1. The highest BCUT2D eigenvalue weighted by Gasteiger charge is 2.41. The van der Waals surface area contributed by atoms with Gasteiger partial charge in [-0.2, -0.15) is 0 Å². The fraction of sp³-hybridized carbons (Fsp3) is 0.857. The van der Waals surface area contributed by atoms with Gasteiger partial charge in [0.1, 0.15) is 6.04 Å². The van der Waals surface area contributed by atoms with E-state index in [9.17, 15) is 14.7 Å². The third-order valence-electron chi connectivity index (χ3n) is 4.01. The molecule has 1 saturated carbocycles. The zero-order valence-electron chi connectivity index (χ0n) is 11.8. The van der Waals surface area contributed by atoms with E-state index >= 15 is 0 Å². The van der Waals surface area contributed by atoms with Crippen LogP contribution in [-0.2, 0) is 9.59 Å². The number of carbonyl (C=O) groups excluding carboxylic acids is 2. The predicted octanol–water partition coefficient (Wildman–Crippen LogP) is 0.617. The Balaban J connectivity index is 1.91. The summed E-state index contributed by atoms with van der Waals surface area (Å²) in [6.07, 6.45) is 3.83. The lowest BCUT2D eigenvalue weighted by atomic mass is 10.1. The van der Waals surface area contributed by atoms with E-state index in [1.54, 1.807) is 23.8 Å². The minimum atomic E-state index is -0.400. The van der Waals surface area contributed by atoms with Gasteiger partial charge in [0.2, 0.25) is 11.8 Å². The second kappa shape index (κ2) is 5.90. The van der Waals surface area contributed by atoms with E-state index in [4.69, 9.17) is 0 Å². The van der Waals surface area contributed by atoms with Crippen molar-refractivity contribution in [2.24, 2.45) is 5.92 Å². The number of likely N-dealkylation sites (N-methyl/N-ethyl adjacent to an activating group) is 1. The number of nitrogens with zero attached hydrogens (tertiary/aromatic N) is 2. The van der Waals surface area contributed by atoms with Crippen LogP contribution in [0.4, 0.5) is 0 Å². The molecule has 0 aromatic heterocycles. The summed E-state index contributed by atoms with van der Waals surface area (Å²) in [5.41, 5.74) is 0. The highest BCUT2D eigenvalue weighted by molar-refractivity contribution is 5.89. The molecule has 0 aromatic rings. The summed E-state index contributed by atoms with van der Waals surface area (Å²) in [6.45, 7) is 2.98. The van der Waals surface area contributed by atoms with Gasteiger partial charge in [-0.3, -0.25) is 9.59 Å². The average molecular weight is 268 g/mol. The lowest BCUT2D eigenvalue weighted by molar-refractivity contribution is -0.143. The van der Waals surface area contributed by atoms with E-state index in [-0.39, 0.29) is 23.8 Å². The third kappa shape index (κ3) is 3.47. The molecule has 2 aliphatic rings. The minimum Gasteiger partial charge on any atom is -0.393 e. The molecule has 0 radical (unpaired) electrons. The van der Waals surface area contributed by atoms with Crippen LogP contribution in [0.25, 0.3) is 0 Å². The first kappa shape index (κ1) is 14.3. The van der Waals surface area contributed by atoms with Gasteiger partial charge in [0, 0.05) is 26.1 Å². The molecule has 1 heterocycles. The van der Waals surface area contributed by atoms with Crippen molar-refractivity contribution < 1.29 is 14.7 Å². The van der Waals surface area contributed by atoms with Crippen LogP contribution in [0.2, 0.25) is 0 Å². The van der Waals surface area contributed by atoms with Crippen molar-refractivity contribution in [3.05, 3.63) is 0 Å². The molecule has 0 aromatic carbocycles. The summed E-state index contributed by atoms with van der Waals surface area (Å²) in [4.78, 5) is 27.9. The van der Waals surface area contributed by atoms with Crippen molar-refractivity contribution >= 4 is 11.8 Å². The molecule has 2 atom stereocenters. The van der Waals surface area contributed by atoms with E-state index < -0.39 is 6.10 Å². The first-order valence-electron chi connectivity index (χ1n) is 7.24. The van der Waals surface area contributed by atoms with Gasteiger partial charge in [-0.25, -0.2) is 0 Å². The van der Waals surface area contributed by atoms with Gasteiger partial charge in [-0.05, 0) is 39.0 Å². The number of hydrogen-bond acceptors (Lipinski definition) is 3. The molecule has 1 saturated heterocycles. The molecule has 1 aliphatic heterocycles. The van der Waals surface area contributed by atoms with Crippen molar-refractivity contribution in [3.63, 3.8) is 0 Å². The maximum Gasteiger partial charge on any atom is 0.245 e. The van der Waals surface area contributed by atoms with Gasteiger partial charge in [0.25, 0.3) is 0 Å². The normalized spacial score (nSPS) is 24.4. The van der Waals surface area contributed by atoms with E-state index in [0.29, 0.717) is 13.0 Å². The molecule has 5 heteroatoms. The Bertz CT molecular complexity index is 353. The van der Waals surface area contributed by atoms with Crippen LogP contribution in [0.1, 0.15) is 39.0 Å². The number of amides is 2. The van der Waals surface area contributed by atoms with Crippen molar-refractivity contribution in [1.82, 2.24) is 9.80 Å². The van der Waals surface area contributed by atoms with Crippen LogP contribution in [0.5, 0.6) is 0 Å². The number of aliphatic hydroxyl groups excluding tert-OH is 1. The fourth-order valence-electron chi connectivity index (χ4n) is 2.60. The Labute approximate surface area is 114 Å². The Morgan fingerprint density at radius 1 is 1.37 bits per heavy atom. The molecule has 19 heavy (non-hydrogen) atoms. The first-order valence-corrected chi connectivity index (χ1v) is 7.24. The van der Waals surface area contributed by atoms with Crippen LogP contribution < -0.4 is 0 Å². The van der Waals surface area contributed by atoms with Crippen molar-refractivity contribution in [2.75, 3.05) is 20.1 Å². The summed E-state index contributed by atoms with van der Waals surface area (Å²) in [5, 5.41) is 9.27. The van der Waals surface area contributed by atoms with Gasteiger partial charge >= 0.3 is 0 Å². The highest BCUT2D eigenvalue weighted by Crippen LogP contribution is 2.33. The van der Waals surface area contributed by atoms with Gasteiger partial charge in [-0.1, -0.05) is 0 Å². The summed E-state index contributed by atoms with van der Waals surface area (Å²) < 4.78 is 0. The highest BCUT2D eigenvalue weighted by atomic mass is 16.3. The molecular formula is C14H24N2O3. The molecule has 2 fully saturated rings. The Morgan fingerprint density at radius 2 is 2.05 bits per heavy atom. The van der Waals surface area contributed by atoms with Crippen LogP contribution in [0.3, 0.4) is 0 Å². The Hall–Kier alpha value is -1.10. The number of rotatable bonds is 5. The minimum absolute atomic E-state index is 0.0205. The summed E-state index contributed by atoms with van der Waals surface area (Å²) >= 11 is 0. The number of carbonyl (C=O) groups is 2. The molecule has 108 valence electrons. The molecule has 0 spiro atoms. The zero-order valence-corrected chi connectivity index (χ0v) is 11.8. The van der Waals surface area contributed by atoms with E-state index in [2.05, 4.69) is 0 Å². The first-order chi connectivity index (χ1) is 9.00. The smallest absolute Gasteiger partial charge is 0.245 e. The predicted molar refractivity (Wildman–Crippen MR) is 71.4 cm³/mol. The van der Waals surface area contributed by atoms with E-state index in [1.807, 2.05) is 0 Å². The Kier molecular flexibility index (Phi) is 4.45. The van der Waals surface area contributed by atoms with Crippen LogP contribution in [0.15, 0.2) is 0 Å². The summed E-state index contributed by atoms with van der Waals surface area (Å²) in [7, 11) is 1.75. The SMILES string of the molecule is CC(O)CCN(C)C(=O)C1CCCN1C(=O)C1CC1. The lowest BCUT2D eigenvalue weighted by Gasteiger charge is -2.28. The summed E-state index contributed by atoms with van der Waals surface area (Å²) in [5.74, 6) is 0.364. The quantitative estimate of drug-likeness (QED) is 0.795. The van der Waals surface area contributed by atoms with Crippen LogP contribution >= 0.6 is 0 Å². The van der Waals surface area contributed by atoms with Crippen molar-refractivity contribution in [2.45, 2.75) is 51.2 Å². The monoisotopic (exact) mass is 268 g/mol. The molecule has 1 N–H and O–H groups in total. The summed E-state index contributed by atoms with van der Waals surface area (Å²) in [6, 6.07) is -0.271. The Morgan fingerprint density at radius 3 is 2.63 bits per heavy atom. The molecule has 2 unspecified atom stereocenters. The van der Waals surface area contributed by atoms with E-state index in [1.165, 1.54) is 0 Å². The number of aliphatic hydroxyl groups is 1. The largest absolute Gasteiger partial charge is 0.393 e. The van der Waals surface area contributed by atoms with Gasteiger partial charge in [0.15, 0.2) is 0 Å². The fourth-order valence-corrected chi connectivity index (χ4v) is 2.60. The zero-order chi connectivity index (χ0) is 14.0. The molecule has 5 nitrogen and oxygen atoms in total. The standard InChI is InChI=1S/C14H24N2O3/c1-10(17)7-9-15(2)14(19)12-4-3-8-16(12)13(18)11-5-6-11/h10-12,17H,3-9H2,1-2H3. The molecule has 2 amide bonds. The number of hydrogen-bond donors (Lipinski definition) is 1. The van der Waals surface area contributed by atoms with Crippen LogP contribution in [0, 0.1) is 5.92 Å². The van der Waals surface area contributed by atoms with Gasteiger partial charge in [-0.15, -0.1) is 0 Å². The van der Waals surface area contributed by atoms with E-state index in [0.717, 1.165) is 32.2 Å². The maximum absolute atomic E-state index is 12.4. The maximum atomic E-state index is 12.4. The lowest BCUT2D eigenvalue weighted by Crippen LogP contribution is -2.47. The van der Waals surface area contributed by atoms with Crippen LogP contribution in [-0.4, -0.2) is 59.0 Å². The topological polar surface area (TPSA) is 60.9 Å². The second-order valence-electron chi connectivity index (χ2n) is 5.86. The molecular weight excluding hydrogens is 244 g/mol. The third-order valence-corrected chi connectivity index (χ3v) is 4.01. The second-order valence-corrected chi connectivity index (χ2v) is 5.86. The molecule has 2 rings (SSSR count). The van der Waals surface area contributed by atoms with Crippen molar-refractivity contribution in [1.29, 1.82) is 0 Å². The van der Waals surface area contributed by atoms with Gasteiger partial charge < -0.3 is 14.9 Å². The van der Waals surface area contributed by atoms with Gasteiger partial charge in [0.05, 0.1) is 6.10 Å². The molecule has 1 aliphatic carbocycles. The van der Waals surface area contributed by atoms with Crippen molar-refractivity contribution in [3.8, 4) is 0 Å². The average Bonchev–Trinajstić information content (AvgIpc) is 3.11. The molecule has 0 bridgehead atoms.